The zero-order chi connectivity index (χ0) is 26.7. The lowest BCUT2D eigenvalue weighted by Gasteiger charge is -2.06. The van der Waals surface area contributed by atoms with E-state index < -0.39 is 4.92 Å². The summed E-state index contributed by atoms with van der Waals surface area (Å²) in [5.41, 5.74) is 3.10. The van der Waals surface area contributed by atoms with Gasteiger partial charge in [0.2, 0.25) is 5.91 Å². The van der Waals surface area contributed by atoms with Crippen molar-refractivity contribution in [1.29, 1.82) is 0 Å². The maximum Gasteiger partial charge on any atom is 0.272 e. The quantitative estimate of drug-likeness (QED) is 0.195. The van der Waals surface area contributed by atoms with Crippen LogP contribution in [0.15, 0.2) is 47.8 Å². The number of nitrogens with one attached hydrogen (secondary N) is 2. The molecule has 0 aliphatic carbocycles. The highest BCUT2D eigenvalue weighted by molar-refractivity contribution is 7.71. The maximum absolute atomic E-state index is 12.7. The number of thiazole rings is 1. The van der Waals surface area contributed by atoms with Gasteiger partial charge in [-0.2, -0.15) is 5.10 Å². The fraction of sp³-hybridized carbons (Fsp3) is 0.208. The van der Waals surface area contributed by atoms with Gasteiger partial charge in [0.05, 0.1) is 17.2 Å². The second-order valence-electron chi connectivity index (χ2n) is 8.26. The number of aromatic nitrogens is 4. The molecule has 4 aromatic rings. The molecule has 0 aliphatic heterocycles. The topological polar surface area (TPSA) is 137 Å². The minimum absolute atomic E-state index is 0.00603. The summed E-state index contributed by atoms with van der Waals surface area (Å²) in [7, 11) is 1.72. The number of amides is 2. The van der Waals surface area contributed by atoms with Crippen molar-refractivity contribution in [2.24, 2.45) is 7.05 Å². The number of aryl methyl sites for hydroxylation is 2. The molecular weight excluding hydrogens is 514 g/mol. The zero-order valence-corrected chi connectivity index (χ0v) is 21.9. The van der Waals surface area contributed by atoms with Gasteiger partial charge < -0.3 is 15.2 Å². The minimum atomic E-state index is -0.438. The summed E-state index contributed by atoms with van der Waals surface area (Å²) in [5.74, 6) is -0.118. The highest BCUT2D eigenvalue weighted by atomic mass is 32.1. The first-order valence-electron chi connectivity index (χ1n) is 11.1. The van der Waals surface area contributed by atoms with Gasteiger partial charge in [-0.3, -0.25) is 19.7 Å². The number of carbonyl (C=O) groups is 2. The Morgan fingerprint density at radius 2 is 1.92 bits per heavy atom. The summed E-state index contributed by atoms with van der Waals surface area (Å²) in [5, 5.41) is 23.2. The first-order chi connectivity index (χ1) is 17.6. The number of nitro groups is 1. The van der Waals surface area contributed by atoms with Gasteiger partial charge >= 0.3 is 0 Å². The summed E-state index contributed by atoms with van der Waals surface area (Å²) >= 11 is 6.61. The number of hydrogen-bond acceptors (Lipinski definition) is 8. The second-order valence-corrected chi connectivity index (χ2v) is 9.48. The molecule has 2 N–H and O–H groups in total. The summed E-state index contributed by atoms with van der Waals surface area (Å²) < 4.78 is 3.33. The summed E-state index contributed by atoms with van der Waals surface area (Å²) in [6.45, 7) is 3.52. The van der Waals surface area contributed by atoms with E-state index in [4.69, 9.17) is 12.2 Å². The third kappa shape index (κ3) is 5.78. The van der Waals surface area contributed by atoms with Crippen LogP contribution in [0.25, 0.3) is 11.3 Å². The molecule has 0 saturated carbocycles. The van der Waals surface area contributed by atoms with Crippen LogP contribution in [0, 0.1) is 28.7 Å². The van der Waals surface area contributed by atoms with Crippen molar-refractivity contribution in [2.75, 3.05) is 5.32 Å². The van der Waals surface area contributed by atoms with Crippen LogP contribution in [0.3, 0.4) is 0 Å². The molecule has 2 aromatic carbocycles. The molecule has 0 saturated heterocycles. The van der Waals surface area contributed by atoms with Crippen molar-refractivity contribution in [3.8, 4) is 11.3 Å². The fourth-order valence-corrected chi connectivity index (χ4v) is 4.54. The molecule has 0 bridgehead atoms. The first kappa shape index (κ1) is 25.9. The Bertz CT molecular complexity index is 1570. The van der Waals surface area contributed by atoms with Gasteiger partial charge in [-0.25, -0.2) is 9.67 Å². The third-order valence-electron chi connectivity index (χ3n) is 5.67. The number of nitro benzene ring substituents is 1. The summed E-state index contributed by atoms with van der Waals surface area (Å²) in [6.07, 6.45) is 0. The van der Waals surface area contributed by atoms with Crippen LogP contribution in [0.1, 0.15) is 27.3 Å². The Morgan fingerprint density at radius 3 is 2.65 bits per heavy atom. The van der Waals surface area contributed by atoms with Crippen LogP contribution >= 0.6 is 23.6 Å². The van der Waals surface area contributed by atoms with E-state index in [0.29, 0.717) is 38.1 Å². The fourth-order valence-electron chi connectivity index (χ4n) is 3.60. The number of anilines is 1. The minimum Gasteiger partial charge on any atom is -0.345 e. The van der Waals surface area contributed by atoms with E-state index >= 15 is 0 Å². The van der Waals surface area contributed by atoms with Crippen molar-refractivity contribution < 1.29 is 14.5 Å². The van der Waals surface area contributed by atoms with E-state index in [9.17, 15) is 19.7 Å². The lowest BCUT2D eigenvalue weighted by molar-refractivity contribution is -0.385. The van der Waals surface area contributed by atoms with Gasteiger partial charge in [-0.05, 0) is 37.7 Å². The summed E-state index contributed by atoms with van der Waals surface area (Å²) in [4.78, 5) is 40.3. The van der Waals surface area contributed by atoms with Crippen LogP contribution in [0.5, 0.6) is 0 Å². The van der Waals surface area contributed by atoms with Crippen LogP contribution in [0.2, 0.25) is 0 Å². The largest absolute Gasteiger partial charge is 0.345 e. The van der Waals surface area contributed by atoms with E-state index in [1.54, 1.807) is 48.2 Å². The Labute approximate surface area is 220 Å². The van der Waals surface area contributed by atoms with Gasteiger partial charge in [-0.1, -0.05) is 30.3 Å². The molecule has 4 rings (SSSR count). The normalized spacial score (nSPS) is 10.8. The monoisotopic (exact) mass is 537 g/mol. The van der Waals surface area contributed by atoms with E-state index in [0.717, 1.165) is 5.56 Å². The molecule has 2 amide bonds. The molecule has 11 nitrogen and oxygen atoms in total. The number of benzene rings is 2. The number of nitrogens with zero attached hydrogens (tertiary/aromatic N) is 5. The van der Waals surface area contributed by atoms with E-state index in [1.807, 2.05) is 19.1 Å². The standard InChI is InChI=1S/C24H23N7O4S2/c1-14-6-4-5-7-17(14)22(33)25-11-20-28-30(24(36)29(20)3)12-21(32)27-23-26-18(13-37-23)16-9-8-15(2)19(10-16)31(34)35/h4-10,13H,11-12H2,1-3H3,(H,25,33)(H,26,27,32). The lowest BCUT2D eigenvalue weighted by atomic mass is 10.1. The number of hydrogen-bond donors (Lipinski definition) is 2. The number of rotatable bonds is 8. The van der Waals surface area contributed by atoms with Crippen molar-refractivity contribution in [3.05, 3.63) is 85.2 Å². The van der Waals surface area contributed by atoms with Crippen LogP contribution < -0.4 is 10.6 Å². The molecule has 37 heavy (non-hydrogen) atoms. The summed E-state index contributed by atoms with van der Waals surface area (Å²) in [6, 6.07) is 12.1. The van der Waals surface area contributed by atoms with E-state index in [1.165, 1.54) is 22.1 Å². The molecular formula is C24H23N7O4S2. The smallest absolute Gasteiger partial charge is 0.272 e. The average Bonchev–Trinajstić information content (AvgIpc) is 3.43. The zero-order valence-electron chi connectivity index (χ0n) is 20.2. The Morgan fingerprint density at radius 1 is 1.16 bits per heavy atom. The predicted octanol–water partition coefficient (Wildman–Crippen LogP) is 4.17. The lowest BCUT2D eigenvalue weighted by Crippen LogP contribution is -2.25. The molecule has 0 atom stereocenters. The molecule has 0 fully saturated rings. The van der Waals surface area contributed by atoms with Crippen molar-refractivity contribution in [1.82, 2.24) is 24.6 Å². The van der Waals surface area contributed by atoms with E-state index in [-0.39, 0.29) is 30.6 Å². The molecule has 2 heterocycles. The number of carbonyl (C=O) groups excluding carboxylic acids is 2. The molecule has 190 valence electrons. The first-order valence-corrected chi connectivity index (χ1v) is 12.4. The maximum atomic E-state index is 12.7. The molecule has 0 unspecified atom stereocenters. The Balaban J connectivity index is 1.40. The molecule has 13 heteroatoms. The molecule has 0 spiro atoms. The molecule has 0 aliphatic rings. The van der Waals surface area contributed by atoms with Crippen LogP contribution in [-0.2, 0) is 24.9 Å². The SMILES string of the molecule is Cc1ccccc1C(=O)NCc1nn(CC(=O)Nc2nc(-c3ccc(C)c([N+](=O)[O-])c3)cs2)c(=S)n1C. The van der Waals surface area contributed by atoms with Crippen LogP contribution in [-0.4, -0.2) is 36.1 Å². The average molecular weight is 538 g/mol. The van der Waals surface area contributed by atoms with Gasteiger partial charge in [0.1, 0.15) is 6.54 Å². The van der Waals surface area contributed by atoms with Gasteiger partial charge in [0.25, 0.3) is 11.6 Å². The predicted molar refractivity (Wildman–Crippen MR) is 142 cm³/mol. The second kappa shape index (κ2) is 10.8. The van der Waals surface area contributed by atoms with Gasteiger partial charge in [0.15, 0.2) is 15.7 Å². The highest BCUT2D eigenvalue weighted by Gasteiger charge is 2.16. The van der Waals surface area contributed by atoms with Gasteiger partial charge in [0, 0.05) is 35.2 Å². The van der Waals surface area contributed by atoms with Crippen molar-refractivity contribution >= 4 is 46.2 Å². The van der Waals surface area contributed by atoms with Gasteiger partial charge in [-0.15, -0.1) is 11.3 Å². The highest BCUT2D eigenvalue weighted by Crippen LogP contribution is 2.29. The Kier molecular flexibility index (Phi) is 7.55. The van der Waals surface area contributed by atoms with Crippen molar-refractivity contribution in [2.45, 2.75) is 26.9 Å². The molecule has 2 aromatic heterocycles. The Hall–Kier alpha value is -4.23. The van der Waals surface area contributed by atoms with Crippen LogP contribution in [0.4, 0.5) is 10.8 Å². The molecule has 0 radical (unpaired) electrons. The van der Waals surface area contributed by atoms with E-state index in [2.05, 4.69) is 20.7 Å². The third-order valence-corrected chi connectivity index (χ3v) is 6.92. The van der Waals surface area contributed by atoms with Crippen molar-refractivity contribution in [3.63, 3.8) is 0 Å².